The molecule has 0 bridgehead atoms. The van der Waals surface area contributed by atoms with Crippen LogP contribution in [-0.2, 0) is 9.47 Å². The van der Waals surface area contributed by atoms with Crippen molar-refractivity contribution in [2.45, 2.75) is 19.8 Å². The van der Waals surface area contributed by atoms with Crippen LogP contribution in [0.5, 0.6) is 0 Å². The van der Waals surface area contributed by atoms with E-state index in [4.69, 9.17) is 14.6 Å². The molecule has 0 atom stereocenters. The zero-order chi connectivity index (χ0) is 26.6. The standard InChI is InChI=1S/C12H10FNO2S.C10H6FNO2S.C4H8O/c1-2-16-12(15)10-7-14-11(17-10)8-5-3-4-6-9(8)13;11-7-4-2-1-3-6(7)9-12-5-8(15-9)10(13)14;1-2-4-5-3-1/h3-7H,2H2,1H3;1-5H,(H,13,14);1-4H2. The fraction of sp³-hybridized carbons (Fsp3) is 0.231. The van der Waals surface area contributed by atoms with Crippen LogP contribution in [0.2, 0.25) is 0 Å². The molecule has 1 N–H and O–H groups in total. The van der Waals surface area contributed by atoms with Crippen molar-refractivity contribution in [2.75, 3.05) is 19.8 Å². The summed E-state index contributed by atoms with van der Waals surface area (Å²) < 4.78 is 36.6. The van der Waals surface area contributed by atoms with E-state index in [1.807, 2.05) is 0 Å². The number of rotatable bonds is 5. The second-order valence-electron chi connectivity index (χ2n) is 7.36. The van der Waals surface area contributed by atoms with E-state index in [1.165, 1.54) is 37.4 Å². The molecule has 11 heteroatoms. The molecule has 1 aliphatic rings. The van der Waals surface area contributed by atoms with Crippen LogP contribution >= 0.6 is 22.7 Å². The van der Waals surface area contributed by atoms with E-state index < -0.39 is 17.8 Å². The summed E-state index contributed by atoms with van der Waals surface area (Å²) in [6.45, 7) is 4.04. The molecular formula is C26H24F2N2O5S2. The lowest BCUT2D eigenvalue weighted by Gasteiger charge is -1.97. The van der Waals surface area contributed by atoms with Gasteiger partial charge in [-0.3, -0.25) is 0 Å². The minimum Gasteiger partial charge on any atom is -0.477 e. The van der Waals surface area contributed by atoms with Crippen LogP contribution in [0.4, 0.5) is 8.78 Å². The SMILES string of the molecule is C1CCOC1.CCOC(=O)c1cnc(-c2ccccc2F)s1.O=C(O)c1cnc(-c2ccccc2F)s1. The molecule has 0 unspecified atom stereocenters. The first kappa shape index (κ1) is 28.0. The highest BCUT2D eigenvalue weighted by molar-refractivity contribution is 7.17. The number of halogens is 2. The number of hydrogen-bond donors (Lipinski definition) is 1. The average molecular weight is 547 g/mol. The summed E-state index contributed by atoms with van der Waals surface area (Å²) in [6.07, 6.45) is 5.19. The molecule has 0 aliphatic carbocycles. The van der Waals surface area contributed by atoms with Crippen LogP contribution in [-0.4, -0.2) is 46.8 Å². The number of carbonyl (C=O) groups excluding carboxylic acids is 1. The van der Waals surface area contributed by atoms with Crippen LogP contribution in [0, 0.1) is 11.6 Å². The van der Waals surface area contributed by atoms with Crippen molar-refractivity contribution >= 4 is 34.6 Å². The largest absolute Gasteiger partial charge is 0.477 e. The molecule has 1 fully saturated rings. The van der Waals surface area contributed by atoms with Gasteiger partial charge in [-0.05, 0) is 44.0 Å². The monoisotopic (exact) mass is 546 g/mol. The van der Waals surface area contributed by atoms with E-state index in [1.54, 1.807) is 43.3 Å². The lowest BCUT2D eigenvalue weighted by molar-refractivity contribution is 0.0531. The predicted molar refractivity (Wildman–Crippen MR) is 138 cm³/mol. The average Bonchev–Trinajstić information content (AvgIpc) is 3.69. The summed E-state index contributed by atoms with van der Waals surface area (Å²) in [4.78, 5) is 30.4. The van der Waals surface area contributed by atoms with Gasteiger partial charge in [0.15, 0.2) is 0 Å². The molecule has 1 aliphatic heterocycles. The summed E-state index contributed by atoms with van der Waals surface area (Å²) in [7, 11) is 0. The summed E-state index contributed by atoms with van der Waals surface area (Å²) >= 11 is 2.08. The molecule has 2 aromatic heterocycles. The number of aromatic carboxylic acids is 1. The van der Waals surface area contributed by atoms with Gasteiger partial charge in [0.1, 0.15) is 31.4 Å². The first-order valence-electron chi connectivity index (χ1n) is 11.3. The second kappa shape index (κ2) is 14.3. The van der Waals surface area contributed by atoms with Gasteiger partial charge in [-0.1, -0.05) is 24.3 Å². The molecule has 37 heavy (non-hydrogen) atoms. The van der Waals surface area contributed by atoms with Crippen LogP contribution < -0.4 is 0 Å². The molecule has 1 saturated heterocycles. The maximum atomic E-state index is 13.5. The number of thiazole rings is 2. The Morgan fingerprint density at radius 3 is 1.78 bits per heavy atom. The van der Waals surface area contributed by atoms with Gasteiger partial charge < -0.3 is 14.6 Å². The van der Waals surface area contributed by atoms with Gasteiger partial charge in [-0.15, -0.1) is 22.7 Å². The maximum absolute atomic E-state index is 13.5. The van der Waals surface area contributed by atoms with Crippen molar-refractivity contribution in [3.8, 4) is 21.1 Å². The zero-order valence-corrected chi connectivity index (χ0v) is 21.5. The third kappa shape index (κ3) is 8.24. The van der Waals surface area contributed by atoms with Gasteiger partial charge >= 0.3 is 11.9 Å². The highest BCUT2D eigenvalue weighted by atomic mass is 32.1. The number of carbonyl (C=O) groups is 2. The van der Waals surface area contributed by atoms with Gasteiger partial charge in [0.2, 0.25) is 0 Å². The fourth-order valence-electron chi connectivity index (χ4n) is 2.97. The summed E-state index contributed by atoms with van der Waals surface area (Å²) in [6, 6.07) is 12.5. The van der Waals surface area contributed by atoms with Gasteiger partial charge in [0.05, 0.1) is 19.0 Å². The Morgan fingerprint density at radius 2 is 1.38 bits per heavy atom. The van der Waals surface area contributed by atoms with Crippen molar-refractivity contribution in [2.24, 2.45) is 0 Å². The maximum Gasteiger partial charge on any atom is 0.349 e. The Labute approximate surface area is 220 Å². The van der Waals surface area contributed by atoms with Crippen LogP contribution in [0.15, 0.2) is 60.9 Å². The highest BCUT2D eigenvalue weighted by Crippen LogP contribution is 2.28. The van der Waals surface area contributed by atoms with E-state index in [0.717, 1.165) is 35.9 Å². The molecule has 4 aromatic rings. The zero-order valence-electron chi connectivity index (χ0n) is 19.9. The topological polar surface area (TPSA) is 98.6 Å². The number of benzene rings is 2. The number of nitrogens with zero attached hydrogens (tertiary/aromatic N) is 2. The van der Waals surface area contributed by atoms with Crippen molar-refractivity contribution < 1.29 is 33.0 Å². The highest BCUT2D eigenvalue weighted by Gasteiger charge is 2.14. The predicted octanol–water partition coefficient (Wildman–Crippen LogP) is 6.57. The fourth-order valence-corrected chi connectivity index (χ4v) is 4.59. The molecule has 194 valence electrons. The van der Waals surface area contributed by atoms with Crippen molar-refractivity contribution in [1.29, 1.82) is 0 Å². The first-order valence-corrected chi connectivity index (χ1v) is 12.9. The van der Waals surface area contributed by atoms with Crippen LogP contribution in [0.1, 0.15) is 39.1 Å². The van der Waals surface area contributed by atoms with Crippen LogP contribution in [0.3, 0.4) is 0 Å². The summed E-state index contributed by atoms with van der Waals surface area (Å²) in [5.74, 6) is -2.22. The Balaban J connectivity index is 0.000000174. The van der Waals surface area contributed by atoms with E-state index in [9.17, 15) is 18.4 Å². The Bertz CT molecular complexity index is 1310. The van der Waals surface area contributed by atoms with E-state index >= 15 is 0 Å². The van der Waals surface area contributed by atoms with E-state index in [2.05, 4.69) is 9.97 Å². The molecule has 7 nitrogen and oxygen atoms in total. The summed E-state index contributed by atoms with van der Waals surface area (Å²) in [5, 5.41) is 9.55. The first-order chi connectivity index (χ1) is 17.9. The van der Waals surface area contributed by atoms with Gasteiger partial charge in [-0.25, -0.2) is 28.3 Å². The number of carboxylic acids is 1. The number of carboxylic acid groups (broad SMARTS) is 1. The molecular weight excluding hydrogens is 522 g/mol. The molecule has 0 spiro atoms. The second-order valence-corrected chi connectivity index (χ2v) is 9.43. The third-order valence-electron chi connectivity index (χ3n) is 4.73. The smallest absolute Gasteiger partial charge is 0.349 e. The number of esters is 1. The minimum atomic E-state index is -1.05. The number of aromatic nitrogens is 2. The summed E-state index contributed by atoms with van der Waals surface area (Å²) in [5.41, 5.74) is 0.725. The number of ether oxygens (including phenoxy) is 2. The van der Waals surface area contributed by atoms with Crippen molar-refractivity contribution in [3.63, 3.8) is 0 Å². The minimum absolute atomic E-state index is 0.105. The van der Waals surface area contributed by atoms with E-state index in [-0.39, 0.29) is 10.7 Å². The van der Waals surface area contributed by atoms with Crippen molar-refractivity contribution in [1.82, 2.24) is 9.97 Å². The normalized spacial score (nSPS) is 12.1. The molecule has 0 amide bonds. The Hall–Kier alpha value is -3.54. The third-order valence-corrected chi connectivity index (χ3v) is 6.76. The Morgan fingerprint density at radius 1 is 0.892 bits per heavy atom. The van der Waals surface area contributed by atoms with Gasteiger partial charge in [0.25, 0.3) is 0 Å². The molecule has 5 rings (SSSR count). The molecule has 0 saturated carbocycles. The van der Waals surface area contributed by atoms with Gasteiger partial charge in [0, 0.05) is 24.3 Å². The number of hydrogen-bond acceptors (Lipinski definition) is 8. The Kier molecular flexibility index (Phi) is 10.8. The molecule has 2 aromatic carbocycles. The lowest BCUT2D eigenvalue weighted by Crippen LogP contribution is -2.01. The van der Waals surface area contributed by atoms with E-state index in [0.29, 0.717) is 32.6 Å². The lowest BCUT2D eigenvalue weighted by atomic mass is 10.2. The quantitative estimate of drug-likeness (QED) is 0.283. The van der Waals surface area contributed by atoms with Crippen LogP contribution in [0.25, 0.3) is 21.1 Å². The molecule has 0 radical (unpaired) electrons. The molecule has 3 heterocycles. The van der Waals surface area contributed by atoms with Crippen molar-refractivity contribution in [3.05, 3.63) is 82.3 Å². The van der Waals surface area contributed by atoms with Gasteiger partial charge in [-0.2, -0.15) is 0 Å².